The molecule has 1 fully saturated rings. The first-order chi connectivity index (χ1) is 9.99. The summed E-state index contributed by atoms with van der Waals surface area (Å²) in [5.74, 6) is -1.24. The van der Waals surface area contributed by atoms with Gasteiger partial charge in [0.25, 0.3) is 0 Å². The van der Waals surface area contributed by atoms with Crippen LogP contribution in [0, 0.1) is 0 Å². The minimum absolute atomic E-state index is 0.221. The molecular weight excluding hydrogens is 290 g/mol. The number of carbonyl (C=O) groups excluding carboxylic acids is 1. The number of hydrogen-bond donors (Lipinski definition) is 2. The van der Waals surface area contributed by atoms with Gasteiger partial charge in [-0.25, -0.2) is 4.79 Å². The third-order valence-electron chi connectivity index (χ3n) is 3.84. The van der Waals surface area contributed by atoms with Gasteiger partial charge in [-0.15, -0.1) is 6.58 Å². The molecular formula is C16H18ClNO3. The highest BCUT2D eigenvalue weighted by Gasteiger charge is 2.51. The van der Waals surface area contributed by atoms with E-state index in [1.807, 2.05) is 12.1 Å². The Kier molecular flexibility index (Phi) is 4.68. The van der Waals surface area contributed by atoms with Crippen molar-refractivity contribution in [3.8, 4) is 0 Å². The van der Waals surface area contributed by atoms with Crippen molar-refractivity contribution >= 4 is 23.5 Å². The lowest BCUT2D eigenvalue weighted by molar-refractivity contribution is -0.142. The Morgan fingerprint density at radius 1 is 1.38 bits per heavy atom. The van der Waals surface area contributed by atoms with E-state index in [1.54, 1.807) is 18.2 Å². The number of rotatable bonds is 7. The molecule has 1 atom stereocenters. The van der Waals surface area contributed by atoms with Gasteiger partial charge in [0.05, 0.1) is 5.41 Å². The van der Waals surface area contributed by atoms with E-state index in [9.17, 15) is 14.7 Å². The van der Waals surface area contributed by atoms with E-state index in [1.165, 1.54) is 0 Å². The zero-order valence-electron chi connectivity index (χ0n) is 11.6. The zero-order chi connectivity index (χ0) is 15.5. The molecule has 1 aromatic rings. The number of carboxylic acid groups (broad SMARTS) is 1. The molecule has 1 aliphatic rings. The van der Waals surface area contributed by atoms with Crippen molar-refractivity contribution in [2.75, 3.05) is 0 Å². The van der Waals surface area contributed by atoms with Crippen LogP contribution in [0.3, 0.4) is 0 Å². The second-order valence-corrected chi connectivity index (χ2v) is 5.76. The summed E-state index contributed by atoms with van der Waals surface area (Å²) >= 11 is 5.86. The van der Waals surface area contributed by atoms with Gasteiger partial charge in [0, 0.05) is 5.02 Å². The Morgan fingerprint density at radius 3 is 2.48 bits per heavy atom. The average molecular weight is 308 g/mol. The lowest BCUT2D eigenvalue weighted by Gasteiger charge is -2.20. The van der Waals surface area contributed by atoms with Crippen LogP contribution >= 0.6 is 11.6 Å². The first-order valence-corrected chi connectivity index (χ1v) is 7.28. The molecule has 1 aliphatic carbocycles. The van der Waals surface area contributed by atoms with Crippen LogP contribution < -0.4 is 5.32 Å². The van der Waals surface area contributed by atoms with Gasteiger partial charge in [-0.3, -0.25) is 4.79 Å². The molecule has 2 rings (SSSR count). The smallest absolute Gasteiger partial charge is 0.326 e. The van der Waals surface area contributed by atoms with Crippen molar-refractivity contribution < 1.29 is 14.7 Å². The number of hydrogen-bond acceptors (Lipinski definition) is 2. The molecule has 4 nitrogen and oxygen atoms in total. The summed E-state index contributed by atoms with van der Waals surface area (Å²) in [4.78, 5) is 23.7. The van der Waals surface area contributed by atoms with E-state index in [4.69, 9.17) is 11.6 Å². The normalized spacial score (nSPS) is 16.8. The lowest BCUT2D eigenvalue weighted by Crippen LogP contribution is -2.45. The minimum Gasteiger partial charge on any atom is -0.480 e. The molecule has 1 aromatic carbocycles. The largest absolute Gasteiger partial charge is 0.480 e. The van der Waals surface area contributed by atoms with Crippen LogP contribution in [0.25, 0.3) is 0 Å². The molecule has 0 spiro atoms. The van der Waals surface area contributed by atoms with Crippen molar-refractivity contribution in [1.82, 2.24) is 5.32 Å². The lowest BCUT2D eigenvalue weighted by atomic mass is 9.94. The number of nitrogens with one attached hydrogen (secondary N) is 1. The number of carboxylic acids is 1. The monoisotopic (exact) mass is 307 g/mol. The highest BCUT2D eigenvalue weighted by molar-refractivity contribution is 6.30. The number of aliphatic carboxylic acids is 1. The molecule has 1 unspecified atom stereocenters. The maximum Gasteiger partial charge on any atom is 0.326 e. The van der Waals surface area contributed by atoms with Gasteiger partial charge in [0.1, 0.15) is 6.04 Å². The third-order valence-corrected chi connectivity index (χ3v) is 4.10. The van der Waals surface area contributed by atoms with Gasteiger partial charge in [0.15, 0.2) is 0 Å². The predicted octanol–water partition coefficient (Wildman–Crippen LogP) is 2.91. The van der Waals surface area contributed by atoms with Gasteiger partial charge in [0.2, 0.25) is 5.91 Å². The Morgan fingerprint density at radius 2 is 2.00 bits per heavy atom. The van der Waals surface area contributed by atoms with E-state index in [0.29, 0.717) is 17.9 Å². The van der Waals surface area contributed by atoms with Crippen molar-refractivity contribution in [2.45, 2.75) is 37.1 Å². The average Bonchev–Trinajstić information content (AvgIpc) is 3.25. The van der Waals surface area contributed by atoms with Gasteiger partial charge < -0.3 is 10.4 Å². The maximum absolute atomic E-state index is 12.5. The van der Waals surface area contributed by atoms with Gasteiger partial charge in [-0.05, 0) is 43.4 Å². The van der Waals surface area contributed by atoms with E-state index in [-0.39, 0.29) is 5.91 Å². The summed E-state index contributed by atoms with van der Waals surface area (Å²) in [5.41, 5.74) is 0.296. The first kappa shape index (κ1) is 15.6. The molecule has 0 aliphatic heterocycles. The summed E-state index contributed by atoms with van der Waals surface area (Å²) in [7, 11) is 0. The minimum atomic E-state index is -1.02. The van der Waals surface area contributed by atoms with Crippen LogP contribution in [-0.4, -0.2) is 23.0 Å². The van der Waals surface area contributed by atoms with Crippen LogP contribution in [0.4, 0.5) is 0 Å². The highest BCUT2D eigenvalue weighted by Crippen LogP contribution is 2.48. The summed E-state index contributed by atoms with van der Waals surface area (Å²) in [6.07, 6.45) is 4.00. The van der Waals surface area contributed by atoms with E-state index in [2.05, 4.69) is 11.9 Å². The molecule has 112 valence electrons. The fourth-order valence-electron chi connectivity index (χ4n) is 2.38. The second-order valence-electron chi connectivity index (χ2n) is 5.32. The Bertz CT molecular complexity index is 549. The molecule has 0 saturated heterocycles. The SMILES string of the molecule is C=CCCC(NC(=O)C1(c2ccc(Cl)cc2)CC1)C(=O)O. The topological polar surface area (TPSA) is 66.4 Å². The summed E-state index contributed by atoms with van der Waals surface area (Å²) in [6.45, 7) is 3.57. The fraction of sp³-hybridized carbons (Fsp3) is 0.375. The quantitative estimate of drug-likeness (QED) is 0.761. The summed E-state index contributed by atoms with van der Waals surface area (Å²) < 4.78 is 0. The van der Waals surface area contributed by atoms with Gasteiger partial charge in [-0.2, -0.15) is 0 Å². The van der Waals surface area contributed by atoms with Crippen molar-refractivity contribution in [2.24, 2.45) is 0 Å². The molecule has 0 aromatic heterocycles. The molecule has 0 heterocycles. The standard InChI is InChI=1S/C16H18ClNO3/c1-2-3-4-13(14(19)20)18-15(21)16(9-10-16)11-5-7-12(17)8-6-11/h2,5-8,13H,1,3-4,9-10H2,(H,18,21)(H,19,20). The van der Waals surface area contributed by atoms with E-state index in [0.717, 1.165) is 18.4 Å². The second kappa shape index (κ2) is 6.31. The summed E-state index contributed by atoms with van der Waals surface area (Å²) in [5, 5.41) is 12.4. The number of benzene rings is 1. The number of halogens is 1. The molecule has 1 saturated carbocycles. The fourth-order valence-corrected chi connectivity index (χ4v) is 2.51. The van der Waals surface area contributed by atoms with Crippen molar-refractivity contribution in [3.05, 3.63) is 47.5 Å². The van der Waals surface area contributed by atoms with E-state index >= 15 is 0 Å². The molecule has 0 radical (unpaired) electrons. The van der Waals surface area contributed by atoms with Gasteiger partial charge >= 0.3 is 5.97 Å². The Hall–Kier alpha value is -1.81. The van der Waals surface area contributed by atoms with Crippen molar-refractivity contribution in [1.29, 1.82) is 0 Å². The Labute approximate surface area is 128 Å². The molecule has 2 N–H and O–H groups in total. The third kappa shape index (κ3) is 3.45. The number of allylic oxidation sites excluding steroid dienone is 1. The number of amides is 1. The highest BCUT2D eigenvalue weighted by atomic mass is 35.5. The molecule has 1 amide bonds. The summed E-state index contributed by atoms with van der Waals surface area (Å²) in [6, 6.07) is 6.27. The van der Waals surface area contributed by atoms with Crippen LogP contribution in [0.5, 0.6) is 0 Å². The predicted molar refractivity (Wildman–Crippen MR) is 81.4 cm³/mol. The zero-order valence-corrected chi connectivity index (χ0v) is 12.4. The van der Waals surface area contributed by atoms with Gasteiger partial charge in [-0.1, -0.05) is 29.8 Å². The molecule has 0 bridgehead atoms. The number of carbonyl (C=O) groups is 2. The van der Waals surface area contributed by atoms with Crippen LogP contribution in [-0.2, 0) is 15.0 Å². The Balaban J connectivity index is 2.09. The van der Waals surface area contributed by atoms with Crippen LogP contribution in [0.1, 0.15) is 31.2 Å². The molecule has 21 heavy (non-hydrogen) atoms. The maximum atomic E-state index is 12.5. The van der Waals surface area contributed by atoms with Crippen LogP contribution in [0.2, 0.25) is 5.02 Å². The van der Waals surface area contributed by atoms with Crippen LogP contribution in [0.15, 0.2) is 36.9 Å². The van der Waals surface area contributed by atoms with E-state index < -0.39 is 17.4 Å². The first-order valence-electron chi connectivity index (χ1n) is 6.90. The molecule has 5 heteroatoms. The van der Waals surface area contributed by atoms with Crippen molar-refractivity contribution in [3.63, 3.8) is 0 Å².